The lowest BCUT2D eigenvalue weighted by atomic mass is 9.85. The molecule has 0 aliphatic carbocycles. The van der Waals surface area contributed by atoms with Crippen molar-refractivity contribution in [3.05, 3.63) is 150 Å². The highest BCUT2D eigenvalue weighted by Crippen LogP contribution is 2.42. The lowest BCUT2D eigenvalue weighted by molar-refractivity contribution is 0.473. The summed E-state index contributed by atoms with van der Waals surface area (Å²) in [6, 6.07) is 46.7. The standard InChI is InChI=1S/C46H42N2OS/c1-45(2,3)36-16-12-15-33(25-36)30-19-21-31(22-20-30)34-27-39(32-13-8-7-9-14-32)43-42(28-34)50-44(48-43)38-17-10-11-18-40(38)47-29-35-26-37(46(4,5)6)23-24-41(35)49/h7-29,49H,1-6H3. The Morgan fingerprint density at radius 2 is 1.20 bits per heavy atom. The Labute approximate surface area is 299 Å². The minimum absolute atomic E-state index is 0.0371. The first-order valence-electron chi connectivity index (χ1n) is 17.1. The Morgan fingerprint density at radius 1 is 0.560 bits per heavy atom. The zero-order chi connectivity index (χ0) is 35.0. The number of phenols is 1. The first-order valence-corrected chi connectivity index (χ1v) is 17.9. The van der Waals surface area contributed by atoms with Gasteiger partial charge in [0.1, 0.15) is 10.8 Å². The monoisotopic (exact) mass is 670 g/mol. The van der Waals surface area contributed by atoms with Crippen LogP contribution in [0, 0.1) is 0 Å². The number of hydrogen-bond donors (Lipinski definition) is 1. The summed E-state index contributed by atoms with van der Waals surface area (Å²) in [4.78, 5) is 10.1. The third kappa shape index (κ3) is 6.90. The number of thiazole rings is 1. The van der Waals surface area contributed by atoms with Crippen LogP contribution in [-0.2, 0) is 10.8 Å². The fourth-order valence-electron chi connectivity index (χ4n) is 6.20. The van der Waals surface area contributed by atoms with E-state index in [2.05, 4.69) is 133 Å². The highest BCUT2D eigenvalue weighted by atomic mass is 32.1. The third-order valence-corrected chi connectivity index (χ3v) is 10.3. The number of hydrogen-bond acceptors (Lipinski definition) is 4. The van der Waals surface area contributed by atoms with Crippen LogP contribution in [0.2, 0.25) is 0 Å². The van der Waals surface area contributed by atoms with Crippen LogP contribution in [0.5, 0.6) is 5.75 Å². The molecule has 6 aromatic carbocycles. The highest BCUT2D eigenvalue weighted by molar-refractivity contribution is 7.21. The zero-order valence-corrected chi connectivity index (χ0v) is 30.3. The molecule has 0 spiro atoms. The second-order valence-corrected chi connectivity index (χ2v) is 16.0. The molecule has 7 aromatic rings. The average molecular weight is 671 g/mol. The van der Waals surface area contributed by atoms with Gasteiger partial charge in [0.2, 0.25) is 0 Å². The number of rotatable bonds is 6. The van der Waals surface area contributed by atoms with Gasteiger partial charge in [-0.1, -0.05) is 139 Å². The van der Waals surface area contributed by atoms with E-state index in [0.29, 0.717) is 5.56 Å². The van der Waals surface area contributed by atoms with Crippen molar-refractivity contribution in [3.8, 4) is 49.7 Å². The zero-order valence-electron chi connectivity index (χ0n) is 29.5. The molecule has 0 aliphatic heterocycles. The predicted molar refractivity (Wildman–Crippen MR) is 214 cm³/mol. The number of phenolic OH excluding ortho intramolecular Hbond substituents is 1. The van der Waals surface area contributed by atoms with Crippen LogP contribution in [0.25, 0.3) is 54.2 Å². The van der Waals surface area contributed by atoms with E-state index in [0.717, 1.165) is 54.3 Å². The molecule has 7 rings (SSSR count). The van der Waals surface area contributed by atoms with E-state index >= 15 is 0 Å². The molecule has 0 amide bonds. The van der Waals surface area contributed by atoms with Crippen LogP contribution in [0.1, 0.15) is 58.2 Å². The lowest BCUT2D eigenvalue weighted by Gasteiger charge is -2.20. The van der Waals surface area contributed by atoms with Crippen LogP contribution in [0.15, 0.2) is 138 Å². The molecule has 0 atom stereocenters. The molecule has 1 N–H and O–H groups in total. The molecule has 50 heavy (non-hydrogen) atoms. The summed E-state index contributed by atoms with van der Waals surface area (Å²) in [6.07, 6.45) is 1.76. The molecular weight excluding hydrogens is 629 g/mol. The van der Waals surface area contributed by atoms with Crippen LogP contribution >= 0.6 is 11.3 Å². The predicted octanol–water partition coefficient (Wildman–Crippen LogP) is 13.0. The number of para-hydroxylation sites is 1. The van der Waals surface area contributed by atoms with E-state index in [-0.39, 0.29) is 16.6 Å². The number of benzene rings is 6. The minimum atomic E-state index is -0.0371. The molecule has 0 fully saturated rings. The molecule has 0 saturated heterocycles. The Kier molecular flexibility index (Phi) is 8.75. The van der Waals surface area contributed by atoms with Crippen molar-refractivity contribution >= 4 is 33.5 Å². The van der Waals surface area contributed by atoms with Crippen molar-refractivity contribution in [1.82, 2.24) is 4.98 Å². The molecule has 248 valence electrons. The van der Waals surface area contributed by atoms with Gasteiger partial charge < -0.3 is 5.11 Å². The summed E-state index contributed by atoms with van der Waals surface area (Å²) >= 11 is 1.68. The average Bonchev–Trinajstić information content (AvgIpc) is 3.55. The van der Waals surface area contributed by atoms with Gasteiger partial charge in [0, 0.05) is 22.9 Å². The van der Waals surface area contributed by atoms with Crippen molar-refractivity contribution in [3.63, 3.8) is 0 Å². The number of nitrogens with zero attached hydrogens (tertiary/aromatic N) is 2. The van der Waals surface area contributed by atoms with Gasteiger partial charge >= 0.3 is 0 Å². The SMILES string of the molecule is CC(C)(C)c1cccc(-c2ccc(-c3cc(-c4ccccc4)c4nc(-c5ccccc5N=Cc5cc(C(C)(C)C)ccc5O)sc4c3)cc2)c1. The molecule has 0 bridgehead atoms. The second-order valence-electron chi connectivity index (χ2n) is 15.0. The summed E-state index contributed by atoms with van der Waals surface area (Å²) in [6.45, 7) is 13.3. The van der Waals surface area contributed by atoms with Crippen molar-refractivity contribution in [2.24, 2.45) is 4.99 Å². The van der Waals surface area contributed by atoms with Gasteiger partial charge in [0.25, 0.3) is 0 Å². The molecule has 0 aliphatic rings. The number of aromatic nitrogens is 1. The molecule has 4 heteroatoms. The van der Waals surface area contributed by atoms with Gasteiger partial charge in [-0.15, -0.1) is 11.3 Å². The normalized spacial score (nSPS) is 12.2. The van der Waals surface area contributed by atoms with Gasteiger partial charge in [-0.3, -0.25) is 4.99 Å². The maximum atomic E-state index is 10.6. The molecular formula is C46H42N2OS. The molecule has 1 aromatic heterocycles. The van der Waals surface area contributed by atoms with Gasteiger partial charge in [-0.2, -0.15) is 0 Å². The van der Waals surface area contributed by atoms with Gasteiger partial charge in [0.05, 0.1) is 15.9 Å². The van der Waals surface area contributed by atoms with Gasteiger partial charge in [-0.25, -0.2) is 4.98 Å². The number of fused-ring (bicyclic) bond motifs is 1. The van der Waals surface area contributed by atoms with Crippen molar-refractivity contribution in [2.75, 3.05) is 0 Å². The highest BCUT2D eigenvalue weighted by Gasteiger charge is 2.18. The minimum Gasteiger partial charge on any atom is -0.507 e. The summed E-state index contributed by atoms with van der Waals surface area (Å²) in [5.74, 6) is 0.214. The van der Waals surface area contributed by atoms with Crippen LogP contribution in [-0.4, -0.2) is 16.3 Å². The summed E-state index contributed by atoms with van der Waals surface area (Å²) in [5, 5.41) is 11.5. The largest absolute Gasteiger partial charge is 0.507 e. The van der Waals surface area contributed by atoms with Gasteiger partial charge in [-0.05, 0) is 86.2 Å². The van der Waals surface area contributed by atoms with Crippen LogP contribution in [0.3, 0.4) is 0 Å². The van der Waals surface area contributed by atoms with E-state index in [4.69, 9.17) is 9.98 Å². The Hall–Kier alpha value is -5.32. The Balaban J connectivity index is 1.29. The molecule has 3 nitrogen and oxygen atoms in total. The smallest absolute Gasteiger partial charge is 0.126 e. The van der Waals surface area contributed by atoms with Crippen molar-refractivity contribution < 1.29 is 5.11 Å². The van der Waals surface area contributed by atoms with E-state index < -0.39 is 0 Å². The second kappa shape index (κ2) is 13.2. The fraction of sp³-hybridized carbons (Fsp3) is 0.174. The fourth-order valence-corrected chi connectivity index (χ4v) is 7.27. The van der Waals surface area contributed by atoms with Crippen LogP contribution in [0.4, 0.5) is 5.69 Å². The van der Waals surface area contributed by atoms with E-state index in [9.17, 15) is 5.11 Å². The van der Waals surface area contributed by atoms with E-state index in [1.54, 1.807) is 23.6 Å². The maximum Gasteiger partial charge on any atom is 0.126 e. The number of aromatic hydroxyl groups is 1. The summed E-state index contributed by atoms with van der Waals surface area (Å²) in [7, 11) is 0. The molecule has 1 heterocycles. The summed E-state index contributed by atoms with van der Waals surface area (Å²) in [5.41, 5.74) is 13.0. The molecule has 0 saturated carbocycles. The summed E-state index contributed by atoms with van der Waals surface area (Å²) < 4.78 is 1.12. The van der Waals surface area contributed by atoms with Crippen LogP contribution < -0.4 is 0 Å². The molecule has 0 unspecified atom stereocenters. The topological polar surface area (TPSA) is 45.5 Å². The first-order chi connectivity index (χ1) is 23.9. The first kappa shape index (κ1) is 33.2. The lowest BCUT2D eigenvalue weighted by Crippen LogP contribution is -2.11. The van der Waals surface area contributed by atoms with Crippen molar-refractivity contribution in [1.29, 1.82) is 0 Å². The van der Waals surface area contributed by atoms with E-state index in [1.165, 1.54) is 16.7 Å². The Bertz CT molecular complexity index is 2340. The van der Waals surface area contributed by atoms with E-state index in [1.807, 2.05) is 36.4 Å². The number of aliphatic imine (C=N–C) groups is 1. The molecule has 0 radical (unpaired) electrons. The quantitative estimate of drug-likeness (QED) is 0.179. The van der Waals surface area contributed by atoms with Crippen molar-refractivity contribution in [2.45, 2.75) is 52.4 Å². The Morgan fingerprint density at radius 3 is 1.92 bits per heavy atom. The maximum absolute atomic E-state index is 10.6. The van der Waals surface area contributed by atoms with Gasteiger partial charge in [0.15, 0.2) is 0 Å². The third-order valence-electron chi connectivity index (χ3n) is 9.23.